The highest BCUT2D eigenvalue weighted by Crippen LogP contribution is 2.26. The molecule has 0 unspecified atom stereocenters. The number of hydrogen-bond acceptors (Lipinski definition) is 3. The van der Waals surface area contributed by atoms with Crippen LogP contribution in [-0.4, -0.2) is 48.0 Å². The summed E-state index contributed by atoms with van der Waals surface area (Å²) in [5.41, 5.74) is 3.26. The van der Waals surface area contributed by atoms with Gasteiger partial charge in [-0.1, -0.05) is 6.42 Å². The Morgan fingerprint density at radius 3 is 2.56 bits per heavy atom. The van der Waals surface area contributed by atoms with Gasteiger partial charge in [0.1, 0.15) is 0 Å². The lowest BCUT2D eigenvalue weighted by molar-refractivity contribution is -0.131. The van der Waals surface area contributed by atoms with Gasteiger partial charge in [-0.05, 0) is 32.6 Å². The minimum absolute atomic E-state index is 0.260. The van der Waals surface area contributed by atoms with Gasteiger partial charge >= 0.3 is 0 Å². The second-order valence-electron chi connectivity index (χ2n) is 4.79. The standard InChI is InChI=1S/C12H23N3O/c1-2-15(11-6-7-11)12(16)10-13-14-8-4-3-5-9-14/h11,13H,2-10H2,1H3. The molecular weight excluding hydrogens is 202 g/mol. The SMILES string of the molecule is CCN(C(=O)CNN1CCCCC1)C1CC1. The molecule has 0 atom stereocenters. The van der Waals surface area contributed by atoms with Crippen LogP contribution in [-0.2, 0) is 4.79 Å². The van der Waals surface area contributed by atoms with Crippen molar-refractivity contribution in [3.63, 3.8) is 0 Å². The topological polar surface area (TPSA) is 35.6 Å². The lowest BCUT2D eigenvalue weighted by Crippen LogP contribution is -2.47. The van der Waals surface area contributed by atoms with Crippen LogP contribution in [0.3, 0.4) is 0 Å². The Labute approximate surface area is 97.9 Å². The quantitative estimate of drug-likeness (QED) is 0.758. The molecule has 1 aliphatic heterocycles. The summed E-state index contributed by atoms with van der Waals surface area (Å²) in [7, 11) is 0. The zero-order valence-corrected chi connectivity index (χ0v) is 10.2. The van der Waals surface area contributed by atoms with Gasteiger partial charge in [0.05, 0.1) is 6.54 Å². The molecule has 2 aliphatic rings. The molecule has 2 fully saturated rings. The highest BCUT2D eigenvalue weighted by molar-refractivity contribution is 5.78. The third-order valence-corrected chi connectivity index (χ3v) is 3.46. The predicted octanol–water partition coefficient (Wildman–Crippen LogP) is 0.988. The summed E-state index contributed by atoms with van der Waals surface area (Å²) in [6.45, 7) is 5.57. The molecule has 0 radical (unpaired) electrons. The predicted molar refractivity (Wildman–Crippen MR) is 63.8 cm³/mol. The third-order valence-electron chi connectivity index (χ3n) is 3.46. The fourth-order valence-corrected chi connectivity index (χ4v) is 2.36. The van der Waals surface area contributed by atoms with E-state index >= 15 is 0 Å². The molecule has 0 aromatic carbocycles. The van der Waals surface area contributed by atoms with E-state index < -0.39 is 0 Å². The first-order chi connectivity index (χ1) is 7.81. The van der Waals surface area contributed by atoms with Crippen LogP contribution >= 0.6 is 0 Å². The normalized spacial score (nSPS) is 22.1. The molecule has 4 heteroatoms. The van der Waals surface area contributed by atoms with E-state index in [2.05, 4.69) is 17.4 Å². The minimum atomic E-state index is 0.260. The van der Waals surface area contributed by atoms with Crippen molar-refractivity contribution in [2.24, 2.45) is 0 Å². The average Bonchev–Trinajstić information content (AvgIpc) is 3.13. The van der Waals surface area contributed by atoms with Gasteiger partial charge in [-0.25, -0.2) is 10.4 Å². The second kappa shape index (κ2) is 5.64. The number of piperidine rings is 1. The molecule has 0 spiro atoms. The summed E-state index contributed by atoms with van der Waals surface area (Å²) in [5.74, 6) is 0.260. The van der Waals surface area contributed by atoms with Gasteiger partial charge in [0.2, 0.25) is 5.91 Å². The van der Waals surface area contributed by atoms with Crippen molar-refractivity contribution in [3.8, 4) is 0 Å². The van der Waals surface area contributed by atoms with Gasteiger partial charge in [0.15, 0.2) is 0 Å². The largest absolute Gasteiger partial charge is 0.339 e. The number of amides is 1. The lowest BCUT2D eigenvalue weighted by Gasteiger charge is -2.28. The fraction of sp³-hybridized carbons (Fsp3) is 0.917. The van der Waals surface area contributed by atoms with Crippen molar-refractivity contribution in [3.05, 3.63) is 0 Å². The summed E-state index contributed by atoms with van der Waals surface area (Å²) in [4.78, 5) is 13.9. The monoisotopic (exact) mass is 225 g/mol. The summed E-state index contributed by atoms with van der Waals surface area (Å²) < 4.78 is 0. The van der Waals surface area contributed by atoms with Gasteiger partial charge < -0.3 is 4.90 Å². The number of nitrogens with one attached hydrogen (secondary N) is 1. The molecule has 1 saturated heterocycles. The Morgan fingerprint density at radius 2 is 2.00 bits per heavy atom. The summed E-state index contributed by atoms with van der Waals surface area (Å²) in [6.07, 6.45) is 6.23. The molecule has 4 nitrogen and oxygen atoms in total. The minimum Gasteiger partial charge on any atom is -0.339 e. The van der Waals surface area contributed by atoms with E-state index in [9.17, 15) is 4.79 Å². The molecule has 1 saturated carbocycles. The first-order valence-corrected chi connectivity index (χ1v) is 6.59. The molecule has 0 aromatic heterocycles. The molecule has 1 N–H and O–H groups in total. The number of rotatable bonds is 5. The summed E-state index contributed by atoms with van der Waals surface area (Å²) in [6, 6.07) is 0.542. The molecule has 92 valence electrons. The average molecular weight is 225 g/mol. The van der Waals surface area contributed by atoms with Crippen molar-refractivity contribution in [2.45, 2.75) is 45.1 Å². The van der Waals surface area contributed by atoms with Crippen LogP contribution in [0.25, 0.3) is 0 Å². The highest BCUT2D eigenvalue weighted by atomic mass is 16.2. The molecule has 16 heavy (non-hydrogen) atoms. The molecule has 0 aromatic rings. The van der Waals surface area contributed by atoms with Crippen LogP contribution in [0.1, 0.15) is 39.0 Å². The maximum absolute atomic E-state index is 11.9. The Kier molecular flexibility index (Phi) is 4.18. The number of nitrogens with zero attached hydrogens (tertiary/aromatic N) is 2. The smallest absolute Gasteiger partial charge is 0.238 e. The Bertz CT molecular complexity index is 234. The van der Waals surface area contributed by atoms with Crippen LogP contribution in [0.2, 0.25) is 0 Å². The summed E-state index contributed by atoms with van der Waals surface area (Å²) >= 11 is 0. The van der Waals surface area contributed by atoms with Crippen molar-refractivity contribution in [1.29, 1.82) is 0 Å². The van der Waals surface area contributed by atoms with Gasteiger partial charge in [0, 0.05) is 25.7 Å². The molecular formula is C12H23N3O. The first-order valence-electron chi connectivity index (χ1n) is 6.59. The van der Waals surface area contributed by atoms with Crippen LogP contribution in [0.5, 0.6) is 0 Å². The van der Waals surface area contributed by atoms with E-state index in [1.807, 2.05) is 4.90 Å². The maximum Gasteiger partial charge on any atom is 0.238 e. The van der Waals surface area contributed by atoms with E-state index in [4.69, 9.17) is 0 Å². The molecule has 0 bridgehead atoms. The van der Waals surface area contributed by atoms with E-state index in [1.54, 1.807) is 0 Å². The van der Waals surface area contributed by atoms with E-state index in [0.29, 0.717) is 12.6 Å². The number of hydrazine groups is 1. The number of carbonyl (C=O) groups is 1. The number of hydrogen-bond donors (Lipinski definition) is 1. The Hall–Kier alpha value is -0.610. The van der Waals surface area contributed by atoms with Crippen molar-refractivity contribution >= 4 is 5.91 Å². The zero-order chi connectivity index (χ0) is 11.4. The maximum atomic E-state index is 11.9. The van der Waals surface area contributed by atoms with E-state index in [1.165, 1.54) is 32.1 Å². The van der Waals surface area contributed by atoms with E-state index in [0.717, 1.165) is 19.6 Å². The molecule has 1 heterocycles. The Balaban J connectivity index is 1.69. The molecule has 1 amide bonds. The van der Waals surface area contributed by atoms with Crippen LogP contribution in [0.4, 0.5) is 0 Å². The zero-order valence-electron chi connectivity index (χ0n) is 10.2. The molecule has 1 aliphatic carbocycles. The highest BCUT2D eigenvalue weighted by Gasteiger charge is 2.31. The molecule has 2 rings (SSSR count). The first kappa shape index (κ1) is 11.9. The van der Waals surface area contributed by atoms with Gasteiger partial charge in [-0.15, -0.1) is 0 Å². The van der Waals surface area contributed by atoms with Gasteiger partial charge in [-0.3, -0.25) is 4.79 Å². The Morgan fingerprint density at radius 1 is 1.31 bits per heavy atom. The lowest BCUT2D eigenvalue weighted by atomic mass is 10.2. The second-order valence-corrected chi connectivity index (χ2v) is 4.79. The number of likely N-dealkylation sites (N-methyl/N-ethyl adjacent to an activating group) is 1. The van der Waals surface area contributed by atoms with Crippen molar-refractivity contribution in [2.75, 3.05) is 26.2 Å². The van der Waals surface area contributed by atoms with Crippen molar-refractivity contribution < 1.29 is 4.79 Å². The van der Waals surface area contributed by atoms with Gasteiger partial charge in [0.25, 0.3) is 0 Å². The fourth-order valence-electron chi connectivity index (χ4n) is 2.36. The van der Waals surface area contributed by atoms with Crippen molar-refractivity contribution in [1.82, 2.24) is 15.3 Å². The van der Waals surface area contributed by atoms with Crippen LogP contribution in [0, 0.1) is 0 Å². The van der Waals surface area contributed by atoms with Crippen LogP contribution in [0.15, 0.2) is 0 Å². The van der Waals surface area contributed by atoms with Gasteiger partial charge in [-0.2, -0.15) is 0 Å². The van der Waals surface area contributed by atoms with E-state index in [-0.39, 0.29) is 5.91 Å². The third kappa shape index (κ3) is 3.19. The summed E-state index contributed by atoms with van der Waals surface area (Å²) in [5, 5.41) is 2.20. The van der Waals surface area contributed by atoms with Crippen LogP contribution < -0.4 is 5.43 Å². The number of carbonyl (C=O) groups excluding carboxylic acids is 1.